The molecule has 0 spiro atoms. The van der Waals surface area contributed by atoms with Crippen LogP contribution in [0.2, 0.25) is 0 Å². The van der Waals surface area contributed by atoms with Crippen molar-refractivity contribution in [3.63, 3.8) is 0 Å². The molecule has 2 unspecified atom stereocenters. The average Bonchev–Trinajstić information content (AvgIpc) is 3.29. The van der Waals surface area contributed by atoms with Crippen molar-refractivity contribution in [2.75, 3.05) is 0 Å². The lowest BCUT2D eigenvalue weighted by Gasteiger charge is -2.29. The molecule has 0 radical (unpaired) electrons. The number of benzene rings is 2. The minimum Gasteiger partial charge on any atom is -0.273 e. The minimum absolute atomic E-state index is 0.0181. The van der Waals surface area contributed by atoms with Crippen LogP contribution in [0.1, 0.15) is 47.1 Å². The maximum absolute atomic E-state index is 13.1. The number of para-hydroxylation sites is 1. The van der Waals surface area contributed by atoms with Crippen LogP contribution in [0.5, 0.6) is 0 Å². The Hall–Kier alpha value is -3.59. The molecule has 2 atom stereocenters. The van der Waals surface area contributed by atoms with Crippen molar-refractivity contribution >= 4 is 44.1 Å². The van der Waals surface area contributed by atoms with Crippen molar-refractivity contribution < 1.29 is 9.59 Å². The molecule has 2 aromatic heterocycles. The highest BCUT2D eigenvalue weighted by Crippen LogP contribution is 2.40. The van der Waals surface area contributed by atoms with Gasteiger partial charge in [0, 0.05) is 24.3 Å². The lowest BCUT2D eigenvalue weighted by Crippen LogP contribution is -2.47. The molecule has 168 valence electrons. The molecule has 5 rings (SSSR count). The summed E-state index contributed by atoms with van der Waals surface area (Å²) in [5.74, 6) is -1.06. The number of nitrogens with one attached hydrogen (secondary N) is 2. The van der Waals surface area contributed by atoms with Gasteiger partial charge >= 0.3 is 0 Å². The van der Waals surface area contributed by atoms with E-state index in [9.17, 15) is 14.4 Å². The second kappa shape index (κ2) is 8.74. The Morgan fingerprint density at radius 3 is 2.55 bits per heavy atom. The maximum atomic E-state index is 13.1. The Labute approximate surface area is 193 Å². The van der Waals surface area contributed by atoms with Gasteiger partial charge in [0.1, 0.15) is 0 Å². The molecule has 0 bridgehead atoms. The highest BCUT2D eigenvalue weighted by Gasteiger charge is 2.34. The number of thiazole rings is 1. The lowest BCUT2D eigenvalue weighted by molar-refractivity contribution is -0.127. The molecule has 8 nitrogen and oxygen atoms in total. The number of nitrogens with zero attached hydrogens (tertiary/aromatic N) is 3. The van der Waals surface area contributed by atoms with Crippen LogP contribution in [0.4, 0.5) is 0 Å². The number of hydrogen-bond donors (Lipinski definition) is 2. The molecular formula is C24H23N5O3S. The molecule has 1 saturated carbocycles. The molecule has 2 N–H and O–H groups in total. The normalized spacial score (nSPS) is 18.3. The lowest BCUT2D eigenvalue weighted by atomic mass is 9.79. The Kier molecular flexibility index (Phi) is 5.63. The second-order valence-electron chi connectivity index (χ2n) is 8.28. The highest BCUT2D eigenvalue weighted by molar-refractivity contribution is 7.18. The summed E-state index contributed by atoms with van der Waals surface area (Å²) in [4.78, 5) is 43.0. The number of carbonyl (C=O) groups is 2. The summed E-state index contributed by atoms with van der Waals surface area (Å²) >= 11 is 1.63. The van der Waals surface area contributed by atoms with Gasteiger partial charge in [0.25, 0.3) is 11.5 Å². The van der Waals surface area contributed by atoms with Crippen LogP contribution in [-0.2, 0) is 11.8 Å². The first-order valence-electron chi connectivity index (χ1n) is 10.9. The van der Waals surface area contributed by atoms with Gasteiger partial charge in [-0.1, -0.05) is 43.2 Å². The smallest absolute Gasteiger partial charge is 0.273 e. The van der Waals surface area contributed by atoms with E-state index in [4.69, 9.17) is 4.98 Å². The van der Waals surface area contributed by atoms with Gasteiger partial charge in [0.2, 0.25) is 5.91 Å². The topological polar surface area (TPSA) is 106 Å². The molecule has 33 heavy (non-hydrogen) atoms. The second-order valence-corrected chi connectivity index (χ2v) is 9.35. The van der Waals surface area contributed by atoms with E-state index in [1.165, 1.54) is 7.05 Å². The molecule has 1 aliphatic carbocycles. The van der Waals surface area contributed by atoms with Crippen LogP contribution in [0.15, 0.2) is 53.3 Å². The fourth-order valence-corrected chi connectivity index (χ4v) is 5.69. The zero-order valence-electron chi connectivity index (χ0n) is 18.1. The number of hydrazine groups is 1. The van der Waals surface area contributed by atoms with Crippen molar-refractivity contribution in [3.05, 3.63) is 69.6 Å². The first-order chi connectivity index (χ1) is 16.0. The van der Waals surface area contributed by atoms with Crippen LogP contribution in [0, 0.1) is 5.92 Å². The summed E-state index contributed by atoms with van der Waals surface area (Å²) in [6.07, 6.45) is 3.63. The third kappa shape index (κ3) is 4.00. The third-order valence-corrected chi connectivity index (χ3v) is 7.37. The van der Waals surface area contributed by atoms with Crippen LogP contribution in [-0.4, -0.2) is 26.6 Å². The zero-order chi connectivity index (χ0) is 22.9. The molecule has 0 aliphatic heterocycles. The SMILES string of the molecule is Cn1nc(C(=O)NNC(=O)C2CCCCC2c2nc3ccccc3s2)c2ccccc2c1=O. The van der Waals surface area contributed by atoms with E-state index >= 15 is 0 Å². The van der Waals surface area contributed by atoms with Crippen molar-refractivity contribution in [1.82, 2.24) is 25.6 Å². The Bertz CT molecular complexity index is 1390. The first-order valence-corrected chi connectivity index (χ1v) is 11.8. The fraction of sp³-hybridized carbons (Fsp3) is 0.292. The monoisotopic (exact) mass is 461 g/mol. The number of carbonyl (C=O) groups excluding carboxylic acids is 2. The van der Waals surface area contributed by atoms with Gasteiger partial charge in [-0.2, -0.15) is 5.10 Å². The largest absolute Gasteiger partial charge is 0.290 e. The summed E-state index contributed by atoms with van der Waals surface area (Å²) in [6, 6.07) is 14.8. The summed E-state index contributed by atoms with van der Waals surface area (Å²) in [7, 11) is 1.49. The van der Waals surface area contributed by atoms with E-state index in [0.717, 1.165) is 45.6 Å². The number of hydrogen-bond acceptors (Lipinski definition) is 6. The zero-order valence-corrected chi connectivity index (χ0v) is 18.9. The molecule has 2 amide bonds. The van der Waals surface area contributed by atoms with E-state index in [0.29, 0.717) is 10.8 Å². The van der Waals surface area contributed by atoms with Gasteiger partial charge in [-0.25, -0.2) is 9.67 Å². The van der Waals surface area contributed by atoms with E-state index in [2.05, 4.69) is 16.0 Å². The van der Waals surface area contributed by atoms with Crippen LogP contribution >= 0.6 is 11.3 Å². The predicted octanol–water partition coefficient (Wildman–Crippen LogP) is 3.28. The summed E-state index contributed by atoms with van der Waals surface area (Å²) in [5.41, 5.74) is 5.84. The number of aromatic nitrogens is 3. The average molecular weight is 462 g/mol. The van der Waals surface area contributed by atoms with Crippen LogP contribution in [0.3, 0.4) is 0 Å². The Balaban J connectivity index is 1.35. The molecule has 2 aromatic carbocycles. The Morgan fingerprint density at radius 1 is 1.00 bits per heavy atom. The third-order valence-electron chi connectivity index (χ3n) is 6.20. The van der Waals surface area contributed by atoms with E-state index in [1.54, 1.807) is 35.6 Å². The molecular weight excluding hydrogens is 438 g/mol. The number of aryl methyl sites for hydroxylation is 1. The summed E-state index contributed by atoms with van der Waals surface area (Å²) in [5, 5.41) is 5.92. The molecule has 1 fully saturated rings. The van der Waals surface area contributed by atoms with Gasteiger partial charge < -0.3 is 0 Å². The molecule has 0 saturated heterocycles. The van der Waals surface area contributed by atoms with Gasteiger partial charge in [0.05, 0.1) is 20.6 Å². The Morgan fingerprint density at radius 2 is 1.73 bits per heavy atom. The number of amides is 2. The van der Waals surface area contributed by atoms with Crippen molar-refractivity contribution in [2.24, 2.45) is 13.0 Å². The van der Waals surface area contributed by atoms with Gasteiger partial charge in [0.15, 0.2) is 5.69 Å². The quantitative estimate of drug-likeness (QED) is 0.456. The summed E-state index contributed by atoms with van der Waals surface area (Å²) < 4.78 is 2.24. The van der Waals surface area contributed by atoms with E-state index in [-0.39, 0.29) is 29.0 Å². The van der Waals surface area contributed by atoms with Gasteiger partial charge in [-0.05, 0) is 31.0 Å². The van der Waals surface area contributed by atoms with Crippen molar-refractivity contribution in [3.8, 4) is 0 Å². The van der Waals surface area contributed by atoms with E-state index < -0.39 is 5.91 Å². The molecule has 1 aliphatic rings. The predicted molar refractivity (Wildman–Crippen MR) is 127 cm³/mol. The minimum atomic E-state index is -0.567. The fourth-order valence-electron chi connectivity index (χ4n) is 4.53. The number of fused-ring (bicyclic) bond motifs is 2. The number of rotatable bonds is 3. The summed E-state index contributed by atoms with van der Waals surface area (Å²) in [6.45, 7) is 0. The van der Waals surface area contributed by atoms with Crippen molar-refractivity contribution in [1.29, 1.82) is 0 Å². The molecule has 9 heteroatoms. The molecule has 2 heterocycles. The van der Waals surface area contributed by atoms with Gasteiger partial charge in [-0.15, -0.1) is 11.3 Å². The van der Waals surface area contributed by atoms with E-state index in [1.807, 2.05) is 24.3 Å². The van der Waals surface area contributed by atoms with Gasteiger partial charge in [-0.3, -0.25) is 25.2 Å². The first kappa shape index (κ1) is 21.3. The highest BCUT2D eigenvalue weighted by atomic mass is 32.1. The van der Waals surface area contributed by atoms with Crippen LogP contribution < -0.4 is 16.4 Å². The molecule has 4 aromatic rings. The maximum Gasteiger partial charge on any atom is 0.290 e. The van der Waals surface area contributed by atoms with Crippen molar-refractivity contribution in [2.45, 2.75) is 31.6 Å². The standard InChI is InChI=1S/C24H23N5O3S/c1-29-24(32)17-11-5-2-8-14(17)20(28-29)22(31)27-26-21(30)15-9-3-4-10-16(15)23-25-18-12-6-7-13-19(18)33-23/h2,5-8,11-13,15-16H,3-4,9-10H2,1H3,(H,26,30)(H,27,31). The van der Waals surface area contributed by atoms with Crippen LogP contribution in [0.25, 0.3) is 21.0 Å².